The average Bonchev–Trinajstić information content (AvgIpc) is 3.36. The summed E-state index contributed by atoms with van der Waals surface area (Å²) >= 11 is 0. The molecule has 2 fully saturated rings. The second-order valence-electron chi connectivity index (χ2n) is 6.83. The Hall–Kier alpha value is -2.51. The van der Waals surface area contributed by atoms with Crippen LogP contribution in [0.25, 0.3) is 5.82 Å². The van der Waals surface area contributed by atoms with Crippen molar-refractivity contribution < 1.29 is 4.79 Å². The highest BCUT2D eigenvalue weighted by atomic mass is 16.1. The summed E-state index contributed by atoms with van der Waals surface area (Å²) < 4.78 is 1.62. The first-order valence-corrected chi connectivity index (χ1v) is 9.02. The maximum atomic E-state index is 12.4. The van der Waals surface area contributed by atoms with Crippen LogP contribution in [0.3, 0.4) is 0 Å². The molecule has 8 nitrogen and oxygen atoms in total. The van der Waals surface area contributed by atoms with Crippen LogP contribution in [0.2, 0.25) is 0 Å². The molecule has 0 atom stereocenters. The molecule has 1 amide bonds. The van der Waals surface area contributed by atoms with Gasteiger partial charge in [-0.25, -0.2) is 19.6 Å². The molecule has 4 rings (SSSR count). The minimum atomic E-state index is 0.119. The highest BCUT2D eigenvalue weighted by molar-refractivity contribution is 5.79. The van der Waals surface area contributed by atoms with Gasteiger partial charge in [-0.3, -0.25) is 4.79 Å². The fourth-order valence-electron chi connectivity index (χ4n) is 3.72. The fraction of sp³-hybridized carbons (Fsp3) is 0.588. The summed E-state index contributed by atoms with van der Waals surface area (Å²) in [6.07, 6.45) is 11.1. The molecule has 1 saturated carbocycles. The number of piperidine rings is 1. The molecule has 1 aliphatic carbocycles. The molecule has 2 aromatic rings. The number of carbonyl (C=O) groups is 1. The van der Waals surface area contributed by atoms with Crippen LogP contribution in [0.4, 0.5) is 5.82 Å². The van der Waals surface area contributed by atoms with Crippen LogP contribution in [-0.2, 0) is 4.79 Å². The molecule has 2 aromatic heterocycles. The molecule has 0 unspecified atom stereocenters. The predicted octanol–water partition coefficient (Wildman–Crippen LogP) is 1.33. The highest BCUT2D eigenvalue weighted by Gasteiger charge is 2.28. The first-order chi connectivity index (χ1) is 12.3. The Morgan fingerprint density at radius 2 is 1.80 bits per heavy atom. The molecule has 8 heteroatoms. The van der Waals surface area contributed by atoms with Gasteiger partial charge in [0, 0.05) is 31.1 Å². The minimum Gasteiger partial charge on any atom is -0.356 e. The summed E-state index contributed by atoms with van der Waals surface area (Å²) in [5.74, 6) is 1.92. The monoisotopic (exact) mass is 341 g/mol. The maximum Gasteiger partial charge on any atom is 0.223 e. The summed E-state index contributed by atoms with van der Waals surface area (Å²) in [5, 5.41) is 7.33. The Morgan fingerprint density at radius 3 is 2.52 bits per heavy atom. The van der Waals surface area contributed by atoms with Crippen LogP contribution >= 0.6 is 0 Å². The van der Waals surface area contributed by atoms with Crippen LogP contribution < -0.4 is 10.2 Å². The smallest absolute Gasteiger partial charge is 0.223 e. The van der Waals surface area contributed by atoms with Crippen molar-refractivity contribution in [3.8, 4) is 5.82 Å². The van der Waals surface area contributed by atoms with Crippen molar-refractivity contribution in [1.82, 2.24) is 30.0 Å². The first-order valence-electron chi connectivity index (χ1n) is 9.02. The summed E-state index contributed by atoms with van der Waals surface area (Å²) in [6, 6.07) is 2.31. The van der Waals surface area contributed by atoms with Gasteiger partial charge in [-0.2, -0.15) is 5.10 Å². The second kappa shape index (κ2) is 7.16. The lowest BCUT2D eigenvalue weighted by molar-refractivity contribution is -0.126. The number of hydrogen-bond donors (Lipinski definition) is 1. The van der Waals surface area contributed by atoms with E-state index in [4.69, 9.17) is 0 Å². The van der Waals surface area contributed by atoms with E-state index in [1.54, 1.807) is 17.3 Å². The Labute approximate surface area is 146 Å². The number of hydrogen-bond acceptors (Lipinski definition) is 6. The summed E-state index contributed by atoms with van der Waals surface area (Å²) in [6.45, 7) is 1.66. The van der Waals surface area contributed by atoms with E-state index in [0.717, 1.165) is 44.6 Å². The van der Waals surface area contributed by atoms with Crippen molar-refractivity contribution in [1.29, 1.82) is 0 Å². The summed E-state index contributed by atoms with van der Waals surface area (Å²) in [7, 11) is 0. The van der Waals surface area contributed by atoms with Gasteiger partial charge in [0.2, 0.25) is 5.91 Å². The number of anilines is 1. The first kappa shape index (κ1) is 16.0. The number of carbonyl (C=O) groups excluding carboxylic acids is 1. The number of nitrogens with zero attached hydrogens (tertiary/aromatic N) is 6. The van der Waals surface area contributed by atoms with Crippen molar-refractivity contribution in [2.75, 3.05) is 18.0 Å². The molecular weight excluding hydrogens is 318 g/mol. The minimum absolute atomic E-state index is 0.119. The number of amides is 1. The molecular formula is C17H23N7O. The van der Waals surface area contributed by atoms with Crippen molar-refractivity contribution in [2.24, 2.45) is 5.92 Å². The second-order valence-corrected chi connectivity index (χ2v) is 6.83. The van der Waals surface area contributed by atoms with Crippen LogP contribution in [0, 0.1) is 5.92 Å². The van der Waals surface area contributed by atoms with Gasteiger partial charge in [-0.15, -0.1) is 0 Å². The summed E-state index contributed by atoms with van der Waals surface area (Å²) in [5.41, 5.74) is 0. The number of rotatable bonds is 4. The van der Waals surface area contributed by atoms with Gasteiger partial charge in [-0.05, 0) is 25.7 Å². The van der Waals surface area contributed by atoms with E-state index in [0.29, 0.717) is 11.9 Å². The van der Waals surface area contributed by atoms with Gasteiger partial charge >= 0.3 is 0 Å². The van der Waals surface area contributed by atoms with Gasteiger partial charge in [0.05, 0.1) is 0 Å². The van der Waals surface area contributed by atoms with Crippen molar-refractivity contribution >= 4 is 11.7 Å². The lowest BCUT2D eigenvalue weighted by atomic mass is 9.95. The van der Waals surface area contributed by atoms with Crippen LogP contribution in [-0.4, -0.2) is 49.8 Å². The Kier molecular flexibility index (Phi) is 4.58. The molecule has 0 bridgehead atoms. The SMILES string of the molecule is O=C(NC1CCCC1)C1CCN(c2cc(-n3cncn3)ncn2)CC1. The third-order valence-corrected chi connectivity index (χ3v) is 5.18. The van der Waals surface area contributed by atoms with Gasteiger partial charge in [0.25, 0.3) is 0 Å². The van der Waals surface area contributed by atoms with Gasteiger partial charge < -0.3 is 10.2 Å². The van der Waals surface area contributed by atoms with Crippen molar-refractivity contribution in [2.45, 2.75) is 44.6 Å². The Morgan fingerprint density at radius 1 is 1.04 bits per heavy atom. The molecule has 0 radical (unpaired) electrons. The fourth-order valence-corrected chi connectivity index (χ4v) is 3.72. The van der Waals surface area contributed by atoms with E-state index >= 15 is 0 Å². The van der Waals surface area contributed by atoms with E-state index < -0.39 is 0 Å². The maximum absolute atomic E-state index is 12.4. The third-order valence-electron chi connectivity index (χ3n) is 5.18. The highest BCUT2D eigenvalue weighted by Crippen LogP contribution is 2.24. The van der Waals surface area contributed by atoms with E-state index in [9.17, 15) is 4.79 Å². The van der Waals surface area contributed by atoms with Crippen molar-refractivity contribution in [3.63, 3.8) is 0 Å². The molecule has 2 aliphatic rings. The van der Waals surface area contributed by atoms with Gasteiger partial charge in [-0.1, -0.05) is 12.8 Å². The zero-order valence-corrected chi connectivity index (χ0v) is 14.2. The van der Waals surface area contributed by atoms with E-state index in [2.05, 4.69) is 30.3 Å². The van der Waals surface area contributed by atoms with Gasteiger partial charge in [0.1, 0.15) is 24.8 Å². The zero-order valence-electron chi connectivity index (χ0n) is 14.2. The lowest BCUT2D eigenvalue weighted by Gasteiger charge is -2.32. The number of aromatic nitrogens is 5. The largest absolute Gasteiger partial charge is 0.356 e. The van der Waals surface area contributed by atoms with E-state index in [1.165, 1.54) is 19.2 Å². The Balaban J connectivity index is 1.35. The van der Waals surface area contributed by atoms with Gasteiger partial charge in [0.15, 0.2) is 5.82 Å². The van der Waals surface area contributed by atoms with Crippen LogP contribution in [0.1, 0.15) is 38.5 Å². The standard InChI is InChI=1S/C17H23N7O/c25-17(22-14-3-1-2-4-14)13-5-7-23(8-6-13)15-9-16(20-11-19-15)24-12-18-10-21-24/h9-14H,1-8H2,(H,22,25). The van der Waals surface area contributed by atoms with E-state index in [-0.39, 0.29) is 11.8 Å². The molecule has 25 heavy (non-hydrogen) atoms. The average molecular weight is 341 g/mol. The lowest BCUT2D eigenvalue weighted by Crippen LogP contribution is -2.43. The normalized spacial score (nSPS) is 19.3. The number of nitrogens with one attached hydrogen (secondary N) is 1. The summed E-state index contributed by atoms with van der Waals surface area (Å²) in [4.78, 5) is 27.2. The Bertz CT molecular complexity index is 704. The molecule has 0 spiro atoms. The predicted molar refractivity (Wildman–Crippen MR) is 92.3 cm³/mol. The third kappa shape index (κ3) is 3.62. The van der Waals surface area contributed by atoms with Crippen LogP contribution in [0.15, 0.2) is 25.0 Å². The molecule has 0 aromatic carbocycles. The quantitative estimate of drug-likeness (QED) is 0.902. The van der Waals surface area contributed by atoms with Crippen LogP contribution in [0.5, 0.6) is 0 Å². The molecule has 1 N–H and O–H groups in total. The van der Waals surface area contributed by atoms with E-state index in [1.807, 2.05) is 6.07 Å². The van der Waals surface area contributed by atoms with Crippen molar-refractivity contribution in [3.05, 3.63) is 25.0 Å². The topological polar surface area (TPSA) is 88.8 Å². The molecule has 132 valence electrons. The zero-order chi connectivity index (χ0) is 17.1. The molecule has 3 heterocycles. The molecule has 1 saturated heterocycles. The molecule has 1 aliphatic heterocycles.